The van der Waals surface area contributed by atoms with E-state index in [-0.39, 0.29) is 50.1 Å². The monoisotopic (exact) mass is 882 g/mol. The van der Waals surface area contributed by atoms with Gasteiger partial charge in [0.05, 0.1) is 24.9 Å². The second-order valence-electron chi connectivity index (χ2n) is 20.9. The Morgan fingerprint density at radius 3 is 2.39 bits per heavy atom. The van der Waals surface area contributed by atoms with Crippen molar-refractivity contribution in [2.75, 3.05) is 13.2 Å². The molecule has 4 saturated heterocycles. The van der Waals surface area contributed by atoms with Crippen LogP contribution in [0, 0.1) is 22.7 Å². The van der Waals surface area contributed by atoms with Crippen molar-refractivity contribution >= 4 is 23.9 Å². The molecule has 4 heterocycles. The molecule has 0 radical (unpaired) electrons. The molecule has 0 spiro atoms. The molecule has 4 aliphatic heterocycles. The summed E-state index contributed by atoms with van der Waals surface area (Å²) in [5.74, 6) is -0.779. The fourth-order valence-electron chi connectivity index (χ4n) is 12.5. The van der Waals surface area contributed by atoms with E-state index < -0.39 is 47.6 Å². The van der Waals surface area contributed by atoms with Gasteiger partial charge in [-0.15, -0.1) is 0 Å². The molecule has 2 aromatic rings. The SMILES string of the molecule is CCCCCC1(CCCCC)O[C@@H]2[C@H]3ON(Cc4cccc(C=C5CCC6O[C@]6(C)CC[C@@H]6[C@@H]5CC6(C)C)c4)[C@H]4C(=O)OC(CC34C(=O)NCc3cccc(C(=O)NCCO)c3)[C@@H]2O1. The average molecular weight is 882 g/mol. The number of carbonyl (C=O) groups excluding carboxylic acids is 3. The molecule has 12 heteroatoms. The van der Waals surface area contributed by atoms with Gasteiger partial charge in [-0.1, -0.05) is 101 Å². The van der Waals surface area contributed by atoms with Crippen LogP contribution in [0.3, 0.4) is 0 Å². The lowest BCUT2D eigenvalue weighted by atomic mass is 9.52. The topological polar surface area (TPSA) is 148 Å². The molecule has 7 aliphatic rings. The minimum absolute atomic E-state index is 0.0262. The highest BCUT2D eigenvalue weighted by Crippen LogP contribution is 2.61. The zero-order valence-corrected chi connectivity index (χ0v) is 38.7. The number of esters is 1. The molecule has 2 amide bonds. The lowest BCUT2D eigenvalue weighted by Crippen LogP contribution is -2.69. The van der Waals surface area contributed by atoms with Crippen molar-refractivity contribution in [2.24, 2.45) is 22.7 Å². The number of allylic oxidation sites excluding steroid dienone is 1. The van der Waals surface area contributed by atoms with Crippen molar-refractivity contribution in [3.8, 4) is 0 Å². The van der Waals surface area contributed by atoms with Crippen LogP contribution < -0.4 is 10.6 Å². The second kappa shape index (κ2) is 18.2. The number of unbranched alkanes of at least 4 members (excludes halogenated alkanes) is 4. The van der Waals surface area contributed by atoms with Crippen molar-refractivity contribution in [1.82, 2.24) is 15.7 Å². The number of aliphatic hydroxyl groups is 1. The van der Waals surface area contributed by atoms with E-state index in [0.717, 1.165) is 74.5 Å². The Balaban J connectivity index is 1.01. The minimum atomic E-state index is -1.33. The average Bonchev–Trinajstić information content (AvgIpc) is 3.55. The van der Waals surface area contributed by atoms with Gasteiger partial charge in [0, 0.05) is 37.9 Å². The molecule has 348 valence electrons. The fourth-order valence-corrected chi connectivity index (χ4v) is 12.5. The molecule has 3 aliphatic carbocycles. The van der Waals surface area contributed by atoms with Gasteiger partial charge in [-0.25, -0.2) is 0 Å². The minimum Gasteiger partial charge on any atom is -0.458 e. The van der Waals surface area contributed by atoms with E-state index in [1.165, 1.54) is 18.4 Å². The van der Waals surface area contributed by atoms with Gasteiger partial charge in [-0.05, 0) is 97.9 Å². The highest BCUT2D eigenvalue weighted by molar-refractivity contribution is 5.95. The highest BCUT2D eigenvalue weighted by atomic mass is 16.8. The van der Waals surface area contributed by atoms with Crippen LogP contribution in [-0.2, 0) is 46.5 Å². The first kappa shape index (κ1) is 45.5. The standard InChI is InChI=1S/C52H71N3O9/c1-6-8-10-21-51(22-11-9-7-2)62-42-40-30-52(48(59)54-31-34-15-13-17-37(28-34)46(57)53-24-25-56)44(47(58)60-40)55(64-45(52)43(42)63-51)32-35-16-12-14-33(26-35)27-36-18-19-41-50(5,61-41)23-20-39-38(36)29-49(39,3)4/h12-17,26-28,38-45,56H,6-11,18-25,29-32H2,1-5H3,(H,53,57)(H,54,59)/t38-,39-,40?,41?,42+,43+,44+,45-,50-,52?/m1/s1. The van der Waals surface area contributed by atoms with Crippen molar-refractivity contribution in [1.29, 1.82) is 0 Å². The number of benzene rings is 2. The van der Waals surface area contributed by atoms with E-state index in [1.807, 2.05) is 6.07 Å². The van der Waals surface area contributed by atoms with Crippen LogP contribution in [0.1, 0.15) is 152 Å². The van der Waals surface area contributed by atoms with Crippen LogP contribution in [0.5, 0.6) is 0 Å². The Hall–Kier alpha value is -3.65. The van der Waals surface area contributed by atoms with Crippen LogP contribution in [0.25, 0.3) is 6.08 Å². The number of rotatable bonds is 17. The van der Waals surface area contributed by atoms with Gasteiger partial charge < -0.3 is 34.7 Å². The number of carbonyl (C=O) groups is 3. The maximum Gasteiger partial charge on any atom is 0.327 e. The summed E-state index contributed by atoms with van der Waals surface area (Å²) < 4.78 is 26.6. The maximum atomic E-state index is 15.1. The van der Waals surface area contributed by atoms with Crippen molar-refractivity contribution in [3.05, 3.63) is 76.4 Å². The normalized spacial score (nSPS) is 34.8. The summed E-state index contributed by atoms with van der Waals surface area (Å²) in [5.41, 5.74) is 3.75. The van der Waals surface area contributed by atoms with Crippen LogP contribution in [0.15, 0.2) is 54.1 Å². The van der Waals surface area contributed by atoms with Gasteiger partial charge in [0.2, 0.25) is 5.91 Å². The van der Waals surface area contributed by atoms with Crippen LogP contribution in [-0.4, -0.2) is 89.1 Å². The van der Waals surface area contributed by atoms with Gasteiger partial charge in [0.15, 0.2) is 11.8 Å². The number of hydroxylamine groups is 2. The molecule has 2 bridgehead atoms. The highest BCUT2D eigenvalue weighted by Gasteiger charge is 2.76. The number of nitrogens with one attached hydrogen (secondary N) is 2. The van der Waals surface area contributed by atoms with Gasteiger partial charge in [-0.2, -0.15) is 5.06 Å². The lowest BCUT2D eigenvalue weighted by Gasteiger charge is -2.53. The molecular weight excluding hydrogens is 811 g/mol. The summed E-state index contributed by atoms with van der Waals surface area (Å²) in [6.45, 7) is 11.9. The number of fused-ring (bicyclic) bond motifs is 6. The van der Waals surface area contributed by atoms with Gasteiger partial charge in [0.1, 0.15) is 29.8 Å². The summed E-state index contributed by atoms with van der Waals surface area (Å²) in [7, 11) is 0. The first-order valence-corrected chi connectivity index (χ1v) is 24.5. The molecule has 12 nitrogen and oxygen atoms in total. The Bertz CT molecular complexity index is 2080. The molecule has 7 fully saturated rings. The van der Waals surface area contributed by atoms with E-state index in [2.05, 4.69) is 75.6 Å². The molecule has 3 unspecified atom stereocenters. The zero-order chi connectivity index (χ0) is 44.9. The first-order chi connectivity index (χ1) is 30.8. The number of ether oxygens (including phenoxy) is 4. The summed E-state index contributed by atoms with van der Waals surface area (Å²) in [5, 5.41) is 16.8. The zero-order valence-electron chi connectivity index (χ0n) is 38.7. The summed E-state index contributed by atoms with van der Waals surface area (Å²) in [6, 6.07) is 14.5. The van der Waals surface area contributed by atoms with Gasteiger partial charge >= 0.3 is 5.97 Å². The van der Waals surface area contributed by atoms with Gasteiger partial charge in [-0.3, -0.25) is 19.2 Å². The molecule has 64 heavy (non-hydrogen) atoms. The number of hydrogen-bond acceptors (Lipinski definition) is 10. The molecular formula is C52H71N3O9. The van der Waals surface area contributed by atoms with Crippen LogP contribution in [0.4, 0.5) is 0 Å². The number of hydrogen-bond donors (Lipinski definition) is 3. The summed E-state index contributed by atoms with van der Waals surface area (Å²) >= 11 is 0. The Labute approximate surface area is 379 Å². The summed E-state index contributed by atoms with van der Waals surface area (Å²) in [4.78, 5) is 49.3. The molecule has 0 aromatic heterocycles. The predicted molar refractivity (Wildman–Crippen MR) is 241 cm³/mol. The maximum absolute atomic E-state index is 15.1. The van der Waals surface area contributed by atoms with E-state index in [1.54, 1.807) is 23.3 Å². The molecule has 2 aromatic carbocycles. The second-order valence-corrected chi connectivity index (χ2v) is 20.9. The van der Waals surface area contributed by atoms with Crippen molar-refractivity contribution < 1.29 is 43.3 Å². The third kappa shape index (κ3) is 8.60. The third-order valence-electron chi connectivity index (χ3n) is 16.1. The number of epoxide rings is 1. The Kier molecular flexibility index (Phi) is 12.9. The first-order valence-electron chi connectivity index (χ1n) is 24.5. The Morgan fingerprint density at radius 2 is 1.64 bits per heavy atom. The molecule has 9 rings (SSSR count). The molecule has 3 N–H and O–H groups in total. The van der Waals surface area contributed by atoms with E-state index in [9.17, 15) is 14.7 Å². The third-order valence-corrected chi connectivity index (χ3v) is 16.1. The predicted octanol–water partition coefficient (Wildman–Crippen LogP) is 7.94. The smallest absolute Gasteiger partial charge is 0.327 e. The van der Waals surface area contributed by atoms with Crippen LogP contribution in [0.2, 0.25) is 0 Å². The lowest BCUT2D eigenvalue weighted by molar-refractivity contribution is -0.224. The van der Waals surface area contributed by atoms with Crippen molar-refractivity contribution in [2.45, 2.75) is 186 Å². The number of nitrogens with zero attached hydrogens (tertiary/aromatic N) is 1. The number of amides is 2. The number of aliphatic hydroxyl groups excluding tert-OH is 1. The molecule has 3 saturated carbocycles. The van der Waals surface area contributed by atoms with E-state index in [0.29, 0.717) is 41.8 Å². The van der Waals surface area contributed by atoms with Crippen LogP contribution >= 0.6 is 0 Å². The van der Waals surface area contributed by atoms with Gasteiger partial charge in [0.25, 0.3) is 5.91 Å². The Morgan fingerprint density at radius 1 is 0.891 bits per heavy atom. The van der Waals surface area contributed by atoms with Crippen molar-refractivity contribution in [3.63, 3.8) is 0 Å². The summed E-state index contributed by atoms with van der Waals surface area (Å²) in [6.07, 6.45) is 13.4. The van der Waals surface area contributed by atoms with E-state index in [4.69, 9.17) is 23.8 Å². The largest absolute Gasteiger partial charge is 0.458 e. The molecule has 10 atom stereocenters. The quantitative estimate of drug-likeness (QED) is 0.0813. The van der Waals surface area contributed by atoms with E-state index >= 15 is 4.79 Å². The fraction of sp³-hybridized carbons (Fsp3) is 0.673.